The molecular weight excluding hydrogens is 436 g/mol. The average molecular weight is 469 g/mol. The molecule has 0 saturated carbocycles. The van der Waals surface area contributed by atoms with E-state index in [1.54, 1.807) is 19.1 Å². The lowest BCUT2D eigenvalue weighted by molar-refractivity contribution is -0.140. The molecule has 1 aliphatic rings. The van der Waals surface area contributed by atoms with Crippen molar-refractivity contribution in [3.05, 3.63) is 114 Å². The molecule has 0 atom stereocenters. The van der Waals surface area contributed by atoms with Gasteiger partial charge in [0.2, 0.25) is 0 Å². The fraction of sp³-hybridized carbons (Fsp3) is 0.226. The summed E-state index contributed by atoms with van der Waals surface area (Å²) >= 11 is 0. The zero-order valence-corrected chi connectivity index (χ0v) is 20.9. The van der Waals surface area contributed by atoms with E-state index in [9.17, 15) is 9.59 Å². The van der Waals surface area contributed by atoms with Crippen LogP contribution in [0.5, 0.6) is 5.75 Å². The van der Waals surface area contributed by atoms with Gasteiger partial charge in [0.1, 0.15) is 12.4 Å². The molecule has 0 N–H and O–H groups in total. The van der Waals surface area contributed by atoms with E-state index in [-0.39, 0.29) is 11.4 Å². The summed E-state index contributed by atoms with van der Waals surface area (Å²) in [5.74, 6) is -0.352. The summed E-state index contributed by atoms with van der Waals surface area (Å²) in [4.78, 5) is 23.2. The largest absolute Gasteiger partial charge is 0.461 e. The minimum atomic E-state index is -0.475. The summed E-state index contributed by atoms with van der Waals surface area (Å²) in [6.07, 6.45) is 8.44. The third-order valence-electron chi connectivity index (χ3n) is 5.86. The van der Waals surface area contributed by atoms with E-state index in [4.69, 9.17) is 9.47 Å². The number of carbonyl (C=O) groups is 2. The first kappa shape index (κ1) is 25.7. The number of hydrogen-bond acceptors (Lipinski definition) is 4. The summed E-state index contributed by atoms with van der Waals surface area (Å²) in [6, 6.07) is 15.9. The fourth-order valence-corrected chi connectivity index (χ4v) is 3.75. The first-order valence-electron chi connectivity index (χ1n) is 11.6. The van der Waals surface area contributed by atoms with Crippen molar-refractivity contribution in [2.24, 2.45) is 0 Å². The highest BCUT2D eigenvalue weighted by molar-refractivity contribution is 5.87. The molecular formula is C31H32O4. The predicted molar refractivity (Wildman–Crippen MR) is 142 cm³/mol. The summed E-state index contributed by atoms with van der Waals surface area (Å²) in [5, 5.41) is 0. The Kier molecular flexibility index (Phi) is 8.08. The molecule has 2 aromatic carbocycles. The lowest BCUT2D eigenvalue weighted by Gasteiger charge is -2.25. The second-order valence-electron chi connectivity index (χ2n) is 9.45. The van der Waals surface area contributed by atoms with Crippen LogP contribution in [0, 0.1) is 0 Å². The maximum atomic E-state index is 11.8. The van der Waals surface area contributed by atoms with Crippen LogP contribution in [-0.2, 0) is 19.7 Å². The monoisotopic (exact) mass is 468 g/mol. The highest BCUT2D eigenvalue weighted by atomic mass is 16.5. The molecule has 4 heteroatoms. The number of carbonyl (C=O) groups excluding carboxylic acids is 2. The van der Waals surface area contributed by atoms with E-state index in [0.29, 0.717) is 17.9 Å². The molecule has 4 nitrogen and oxygen atoms in total. The molecule has 0 aromatic heterocycles. The van der Waals surface area contributed by atoms with Gasteiger partial charge >= 0.3 is 11.9 Å². The van der Waals surface area contributed by atoms with Gasteiger partial charge in [-0.2, -0.15) is 0 Å². The SMILES string of the molecule is C=CC(=O)Oc1ccc(C2=CC=C(c3ccc(C(C)(C)COC(=O)C(=C)C)cc3)CC(C)=C2)cc1. The molecule has 0 aliphatic heterocycles. The topological polar surface area (TPSA) is 52.6 Å². The Hall–Kier alpha value is -3.92. The van der Waals surface area contributed by atoms with E-state index in [0.717, 1.165) is 34.8 Å². The quantitative estimate of drug-likeness (QED) is 0.238. The Labute approximate surface area is 208 Å². The molecule has 2 aromatic rings. The van der Waals surface area contributed by atoms with Crippen molar-refractivity contribution in [2.75, 3.05) is 6.61 Å². The third-order valence-corrected chi connectivity index (χ3v) is 5.86. The Morgan fingerprint density at radius 3 is 2.23 bits per heavy atom. The van der Waals surface area contributed by atoms with Gasteiger partial charge in [0.15, 0.2) is 0 Å². The highest BCUT2D eigenvalue weighted by Crippen LogP contribution is 2.32. The number of ether oxygens (including phenoxy) is 2. The van der Waals surface area contributed by atoms with Crippen LogP contribution in [0.2, 0.25) is 0 Å². The molecule has 0 bridgehead atoms. The number of allylic oxidation sites excluding steroid dienone is 6. The minimum Gasteiger partial charge on any atom is -0.461 e. The highest BCUT2D eigenvalue weighted by Gasteiger charge is 2.23. The van der Waals surface area contributed by atoms with E-state index >= 15 is 0 Å². The van der Waals surface area contributed by atoms with Crippen LogP contribution in [0.3, 0.4) is 0 Å². The normalized spacial score (nSPS) is 13.5. The lowest BCUT2D eigenvalue weighted by atomic mass is 9.84. The van der Waals surface area contributed by atoms with Crippen LogP contribution in [-0.4, -0.2) is 18.5 Å². The van der Waals surface area contributed by atoms with E-state index in [1.165, 1.54) is 11.1 Å². The summed E-state index contributed by atoms with van der Waals surface area (Å²) in [5.41, 5.74) is 6.96. The van der Waals surface area contributed by atoms with Crippen molar-refractivity contribution in [2.45, 2.75) is 39.5 Å². The van der Waals surface area contributed by atoms with Crippen molar-refractivity contribution in [1.29, 1.82) is 0 Å². The summed E-state index contributed by atoms with van der Waals surface area (Å²) in [6.45, 7) is 15.2. The number of esters is 2. The van der Waals surface area contributed by atoms with Gasteiger partial charge in [-0.25, -0.2) is 9.59 Å². The number of hydrogen-bond donors (Lipinski definition) is 0. The Morgan fingerprint density at radius 1 is 1.00 bits per heavy atom. The molecule has 0 saturated heterocycles. The zero-order valence-electron chi connectivity index (χ0n) is 20.9. The van der Waals surface area contributed by atoms with E-state index < -0.39 is 5.97 Å². The van der Waals surface area contributed by atoms with Crippen LogP contribution in [0.15, 0.2) is 97.1 Å². The maximum Gasteiger partial charge on any atom is 0.335 e. The summed E-state index contributed by atoms with van der Waals surface area (Å²) in [7, 11) is 0. The molecule has 0 heterocycles. The van der Waals surface area contributed by atoms with Gasteiger partial charge < -0.3 is 9.47 Å². The molecule has 0 fully saturated rings. The molecule has 180 valence electrons. The lowest BCUT2D eigenvalue weighted by Crippen LogP contribution is -2.26. The van der Waals surface area contributed by atoms with E-state index in [1.807, 2.05) is 12.1 Å². The van der Waals surface area contributed by atoms with Crippen molar-refractivity contribution in [3.8, 4) is 5.75 Å². The van der Waals surface area contributed by atoms with E-state index in [2.05, 4.69) is 76.4 Å². The molecule has 0 amide bonds. The van der Waals surface area contributed by atoms with Crippen LogP contribution < -0.4 is 4.74 Å². The zero-order chi connectivity index (χ0) is 25.6. The van der Waals surface area contributed by atoms with Gasteiger partial charge in [-0.15, -0.1) is 0 Å². The number of benzene rings is 2. The van der Waals surface area contributed by atoms with Crippen molar-refractivity contribution in [3.63, 3.8) is 0 Å². The minimum absolute atomic E-state index is 0.292. The fourth-order valence-electron chi connectivity index (χ4n) is 3.75. The van der Waals surface area contributed by atoms with Crippen LogP contribution >= 0.6 is 0 Å². The average Bonchev–Trinajstić information content (AvgIpc) is 3.04. The van der Waals surface area contributed by atoms with Gasteiger partial charge in [-0.3, -0.25) is 0 Å². The second-order valence-corrected chi connectivity index (χ2v) is 9.45. The Bertz CT molecular complexity index is 1220. The maximum absolute atomic E-state index is 11.8. The first-order chi connectivity index (χ1) is 16.6. The molecule has 0 radical (unpaired) electrons. The van der Waals surface area contributed by atoms with Crippen LogP contribution in [0.1, 0.15) is 50.8 Å². The third kappa shape index (κ3) is 6.80. The van der Waals surface area contributed by atoms with Gasteiger partial charge in [-0.1, -0.05) is 87.2 Å². The van der Waals surface area contributed by atoms with Crippen LogP contribution in [0.25, 0.3) is 11.1 Å². The second kappa shape index (κ2) is 11.0. The Morgan fingerprint density at radius 2 is 1.63 bits per heavy atom. The molecule has 1 aliphatic carbocycles. The van der Waals surface area contributed by atoms with Crippen molar-refractivity contribution < 1.29 is 19.1 Å². The number of rotatable bonds is 8. The predicted octanol–water partition coefficient (Wildman–Crippen LogP) is 6.99. The van der Waals surface area contributed by atoms with Gasteiger partial charge in [-0.05, 0) is 60.2 Å². The summed E-state index contributed by atoms with van der Waals surface area (Å²) < 4.78 is 10.6. The van der Waals surface area contributed by atoms with Gasteiger partial charge in [0.05, 0.1) is 0 Å². The molecule has 35 heavy (non-hydrogen) atoms. The van der Waals surface area contributed by atoms with Crippen LogP contribution in [0.4, 0.5) is 0 Å². The molecule has 3 rings (SSSR count). The van der Waals surface area contributed by atoms with Gasteiger partial charge in [0, 0.05) is 17.1 Å². The molecule has 0 spiro atoms. The first-order valence-corrected chi connectivity index (χ1v) is 11.6. The molecule has 0 unspecified atom stereocenters. The standard InChI is InChI=1S/C31H32O4/c1-7-29(32)35-28-16-12-24(13-17-28)26-9-8-25(18-22(4)19-26)23-10-14-27(15-11-23)31(5,6)20-34-30(33)21(2)3/h7-17,19H,1-2,18,20H2,3-6H3. The van der Waals surface area contributed by atoms with Crippen molar-refractivity contribution in [1.82, 2.24) is 0 Å². The Balaban J connectivity index is 1.77. The van der Waals surface area contributed by atoms with Gasteiger partial charge in [0.25, 0.3) is 0 Å². The smallest absolute Gasteiger partial charge is 0.335 e. The van der Waals surface area contributed by atoms with Crippen molar-refractivity contribution >= 4 is 23.1 Å².